The van der Waals surface area contributed by atoms with Crippen LogP contribution in [0.5, 0.6) is 0 Å². The summed E-state index contributed by atoms with van der Waals surface area (Å²) < 4.78 is 19.5. The molecule has 1 fully saturated rings. The van der Waals surface area contributed by atoms with Crippen molar-refractivity contribution in [1.29, 1.82) is 0 Å². The number of amides is 1. The summed E-state index contributed by atoms with van der Waals surface area (Å²) in [6, 6.07) is 4.40. The van der Waals surface area contributed by atoms with E-state index in [0.29, 0.717) is 18.5 Å². The zero-order valence-electron chi connectivity index (χ0n) is 10.6. The van der Waals surface area contributed by atoms with Crippen LogP contribution in [0.2, 0.25) is 0 Å². The predicted molar refractivity (Wildman–Crippen MR) is 73.2 cm³/mol. The molecule has 1 aliphatic heterocycles. The van der Waals surface area contributed by atoms with Gasteiger partial charge in [0.15, 0.2) is 0 Å². The highest BCUT2D eigenvalue weighted by Crippen LogP contribution is 2.15. The Morgan fingerprint density at radius 2 is 2.42 bits per heavy atom. The van der Waals surface area contributed by atoms with E-state index in [2.05, 4.69) is 26.6 Å². The van der Waals surface area contributed by atoms with Crippen molar-refractivity contribution < 1.29 is 13.9 Å². The summed E-state index contributed by atoms with van der Waals surface area (Å²) in [7, 11) is 1.63. The molecular weight excluding hydrogens is 315 g/mol. The van der Waals surface area contributed by atoms with Gasteiger partial charge in [-0.3, -0.25) is 4.79 Å². The molecule has 0 aliphatic carbocycles. The van der Waals surface area contributed by atoms with Crippen molar-refractivity contribution in [2.75, 3.05) is 13.7 Å². The van der Waals surface area contributed by atoms with Crippen molar-refractivity contribution in [2.45, 2.75) is 25.1 Å². The summed E-state index contributed by atoms with van der Waals surface area (Å²) in [6.45, 7) is 0.847. The number of benzene rings is 1. The van der Waals surface area contributed by atoms with E-state index >= 15 is 0 Å². The molecule has 0 radical (unpaired) electrons. The van der Waals surface area contributed by atoms with Gasteiger partial charge in [0.05, 0.1) is 12.1 Å². The Balaban J connectivity index is 1.88. The topological polar surface area (TPSA) is 50.4 Å². The molecule has 2 N–H and O–H groups in total. The van der Waals surface area contributed by atoms with Crippen LogP contribution in [0.25, 0.3) is 0 Å². The van der Waals surface area contributed by atoms with Gasteiger partial charge in [-0.1, -0.05) is 15.9 Å². The fraction of sp³-hybridized carbons (Fsp3) is 0.462. The van der Waals surface area contributed by atoms with Crippen LogP contribution in [0.1, 0.15) is 12.0 Å². The lowest BCUT2D eigenvalue weighted by Gasteiger charge is -2.12. The molecule has 1 heterocycles. The Morgan fingerprint density at radius 1 is 1.63 bits per heavy atom. The maximum absolute atomic E-state index is 13.5. The molecule has 0 spiro atoms. The molecule has 4 nitrogen and oxygen atoms in total. The van der Waals surface area contributed by atoms with E-state index in [4.69, 9.17) is 4.74 Å². The van der Waals surface area contributed by atoms with E-state index in [1.54, 1.807) is 19.2 Å². The van der Waals surface area contributed by atoms with Gasteiger partial charge in [0.2, 0.25) is 5.91 Å². The molecule has 0 saturated carbocycles. The third-order valence-electron chi connectivity index (χ3n) is 3.20. The number of methoxy groups -OCH3 is 1. The molecular formula is C13H16BrFN2O2. The fourth-order valence-corrected chi connectivity index (χ4v) is 2.48. The number of carbonyl (C=O) groups excluding carboxylic acids is 1. The average Bonchev–Trinajstić information content (AvgIpc) is 2.88. The molecule has 2 unspecified atom stereocenters. The smallest absolute Gasteiger partial charge is 0.237 e. The highest BCUT2D eigenvalue weighted by atomic mass is 79.9. The minimum atomic E-state index is -0.322. The maximum atomic E-state index is 13.5. The normalized spacial score (nSPS) is 22.5. The summed E-state index contributed by atoms with van der Waals surface area (Å²) in [5.74, 6) is -0.448. The molecule has 2 rings (SSSR count). The largest absolute Gasteiger partial charge is 0.380 e. The fourth-order valence-electron chi connectivity index (χ4n) is 2.07. The minimum Gasteiger partial charge on any atom is -0.380 e. The quantitative estimate of drug-likeness (QED) is 0.881. The van der Waals surface area contributed by atoms with Gasteiger partial charge in [-0.2, -0.15) is 0 Å². The van der Waals surface area contributed by atoms with Crippen molar-refractivity contribution in [2.24, 2.45) is 0 Å². The van der Waals surface area contributed by atoms with Gasteiger partial charge in [-0.15, -0.1) is 0 Å². The Bertz CT molecular complexity index is 470. The number of halogens is 2. The SMILES string of the molecule is COC1CNC(C(=O)NCc2cc(Br)ccc2F)C1. The van der Waals surface area contributed by atoms with Crippen molar-refractivity contribution in [3.63, 3.8) is 0 Å². The van der Waals surface area contributed by atoms with Gasteiger partial charge in [0.1, 0.15) is 5.82 Å². The van der Waals surface area contributed by atoms with E-state index < -0.39 is 0 Å². The average molecular weight is 331 g/mol. The number of nitrogens with one attached hydrogen (secondary N) is 2. The van der Waals surface area contributed by atoms with E-state index in [-0.39, 0.29) is 30.4 Å². The van der Waals surface area contributed by atoms with Crippen LogP contribution in [0.15, 0.2) is 22.7 Å². The van der Waals surface area contributed by atoms with Crippen LogP contribution >= 0.6 is 15.9 Å². The second-order valence-corrected chi connectivity index (χ2v) is 5.42. The van der Waals surface area contributed by atoms with Crippen LogP contribution in [-0.4, -0.2) is 31.7 Å². The highest BCUT2D eigenvalue weighted by Gasteiger charge is 2.29. The first-order valence-electron chi connectivity index (χ1n) is 6.08. The number of ether oxygens (including phenoxy) is 1. The zero-order chi connectivity index (χ0) is 13.8. The summed E-state index contributed by atoms with van der Waals surface area (Å²) >= 11 is 3.28. The van der Waals surface area contributed by atoms with Crippen LogP contribution in [0.4, 0.5) is 4.39 Å². The number of hydrogen-bond acceptors (Lipinski definition) is 3. The number of rotatable bonds is 4. The van der Waals surface area contributed by atoms with Crippen LogP contribution < -0.4 is 10.6 Å². The molecule has 1 aromatic carbocycles. The Morgan fingerprint density at radius 3 is 3.11 bits per heavy atom. The molecule has 104 valence electrons. The number of carbonyl (C=O) groups is 1. The molecule has 6 heteroatoms. The van der Waals surface area contributed by atoms with E-state index in [0.717, 1.165) is 4.47 Å². The predicted octanol–water partition coefficient (Wildman–Crippen LogP) is 1.58. The first-order valence-corrected chi connectivity index (χ1v) is 6.87. The monoisotopic (exact) mass is 330 g/mol. The van der Waals surface area contributed by atoms with Gasteiger partial charge >= 0.3 is 0 Å². The van der Waals surface area contributed by atoms with Gasteiger partial charge < -0.3 is 15.4 Å². The second-order valence-electron chi connectivity index (χ2n) is 4.51. The summed E-state index contributed by atoms with van der Waals surface area (Å²) in [5.41, 5.74) is 0.462. The van der Waals surface area contributed by atoms with Crippen molar-refractivity contribution in [3.8, 4) is 0 Å². The first kappa shape index (κ1) is 14.4. The van der Waals surface area contributed by atoms with Crippen molar-refractivity contribution >= 4 is 21.8 Å². The lowest BCUT2D eigenvalue weighted by atomic mass is 10.1. The summed E-state index contributed by atoms with van der Waals surface area (Å²) in [6.07, 6.45) is 0.710. The van der Waals surface area contributed by atoms with Crippen LogP contribution in [0, 0.1) is 5.82 Å². The standard InChI is InChI=1S/C13H16BrFN2O2/c1-19-10-5-12(16-7-10)13(18)17-6-8-4-9(14)2-3-11(8)15/h2-4,10,12,16H,5-7H2,1H3,(H,17,18). The Kier molecular flexibility index (Phi) is 4.90. The summed E-state index contributed by atoms with van der Waals surface area (Å²) in [4.78, 5) is 11.9. The highest BCUT2D eigenvalue weighted by molar-refractivity contribution is 9.10. The third kappa shape index (κ3) is 3.75. The third-order valence-corrected chi connectivity index (χ3v) is 3.69. The van der Waals surface area contributed by atoms with Gasteiger partial charge in [0.25, 0.3) is 0 Å². The second kappa shape index (κ2) is 6.45. The first-order chi connectivity index (χ1) is 9.10. The number of hydrogen-bond donors (Lipinski definition) is 2. The molecule has 0 aromatic heterocycles. The Labute approximate surface area is 119 Å². The van der Waals surface area contributed by atoms with E-state index in [1.165, 1.54) is 6.07 Å². The molecule has 1 saturated heterocycles. The van der Waals surface area contributed by atoms with E-state index in [1.807, 2.05) is 0 Å². The van der Waals surface area contributed by atoms with Gasteiger partial charge in [0, 0.05) is 30.2 Å². The lowest BCUT2D eigenvalue weighted by Crippen LogP contribution is -2.40. The molecule has 0 bridgehead atoms. The van der Waals surface area contributed by atoms with Crippen molar-refractivity contribution in [3.05, 3.63) is 34.1 Å². The molecule has 2 atom stereocenters. The maximum Gasteiger partial charge on any atom is 0.237 e. The van der Waals surface area contributed by atoms with E-state index in [9.17, 15) is 9.18 Å². The molecule has 1 amide bonds. The van der Waals surface area contributed by atoms with Gasteiger partial charge in [-0.05, 0) is 24.6 Å². The lowest BCUT2D eigenvalue weighted by molar-refractivity contribution is -0.123. The molecule has 1 aromatic rings. The van der Waals surface area contributed by atoms with Crippen LogP contribution in [0.3, 0.4) is 0 Å². The molecule has 1 aliphatic rings. The minimum absolute atomic E-state index is 0.0679. The van der Waals surface area contributed by atoms with Gasteiger partial charge in [-0.25, -0.2) is 4.39 Å². The Hall–Kier alpha value is -0.980. The zero-order valence-corrected chi connectivity index (χ0v) is 12.2. The van der Waals surface area contributed by atoms with Crippen molar-refractivity contribution in [1.82, 2.24) is 10.6 Å². The summed E-state index contributed by atoms with van der Waals surface area (Å²) in [5, 5.41) is 5.82. The molecule has 19 heavy (non-hydrogen) atoms. The van der Waals surface area contributed by atoms with Crippen LogP contribution in [-0.2, 0) is 16.1 Å².